The van der Waals surface area contributed by atoms with Crippen molar-refractivity contribution in [3.05, 3.63) is 0 Å². The number of nitrogens with zero attached hydrogens (tertiary/aromatic N) is 1. The van der Waals surface area contributed by atoms with Crippen LogP contribution >= 0.6 is 0 Å². The van der Waals surface area contributed by atoms with Crippen LogP contribution in [-0.2, 0) is 29.3 Å². The van der Waals surface area contributed by atoms with Gasteiger partial charge >= 0.3 is 5.97 Å². The average Bonchev–Trinajstić information content (AvgIpc) is 2.94. The van der Waals surface area contributed by atoms with E-state index in [1.807, 2.05) is 0 Å². The molecule has 1 rings (SSSR count). The van der Waals surface area contributed by atoms with Gasteiger partial charge in [-0.25, -0.2) is 4.79 Å². The second-order valence-electron chi connectivity index (χ2n) is 7.69. The van der Waals surface area contributed by atoms with Crippen LogP contribution in [0.15, 0.2) is 0 Å². The molecular formula is C20H35NO7S. The van der Waals surface area contributed by atoms with Gasteiger partial charge in [0.15, 0.2) is 5.25 Å². The normalized spacial score (nSPS) is 17.2. The summed E-state index contributed by atoms with van der Waals surface area (Å²) in [5, 5.41) is -1.73. The summed E-state index contributed by atoms with van der Waals surface area (Å²) in [6.45, 7) is 2.22. The zero-order valence-electron chi connectivity index (χ0n) is 17.4. The zero-order valence-corrected chi connectivity index (χ0v) is 18.3. The Bertz CT molecular complexity index is 633. The zero-order chi connectivity index (χ0) is 21.7. The molecule has 29 heavy (non-hydrogen) atoms. The Morgan fingerprint density at radius 1 is 0.931 bits per heavy atom. The third kappa shape index (κ3) is 10.2. The lowest BCUT2D eigenvalue weighted by Crippen LogP contribution is -2.36. The number of unbranched alkanes of at least 4 members (excludes halogenated alkanes) is 12. The van der Waals surface area contributed by atoms with Gasteiger partial charge in [-0.05, 0) is 6.42 Å². The minimum absolute atomic E-state index is 0.0470. The Labute approximate surface area is 174 Å². The van der Waals surface area contributed by atoms with Gasteiger partial charge in [-0.1, -0.05) is 84.0 Å². The third-order valence-corrected chi connectivity index (χ3v) is 6.19. The van der Waals surface area contributed by atoms with E-state index in [0.29, 0.717) is 6.42 Å². The molecule has 1 heterocycles. The first kappa shape index (κ1) is 25.6. The average molecular weight is 434 g/mol. The van der Waals surface area contributed by atoms with E-state index in [1.165, 1.54) is 57.8 Å². The van der Waals surface area contributed by atoms with Crippen molar-refractivity contribution in [2.24, 2.45) is 0 Å². The van der Waals surface area contributed by atoms with E-state index in [9.17, 15) is 22.8 Å². The fourth-order valence-electron chi connectivity index (χ4n) is 3.35. The molecule has 9 heteroatoms. The maximum absolute atomic E-state index is 11.8. The predicted octanol–water partition coefficient (Wildman–Crippen LogP) is 3.94. The minimum atomic E-state index is -4.70. The van der Waals surface area contributed by atoms with Crippen LogP contribution in [0.25, 0.3) is 0 Å². The second kappa shape index (κ2) is 13.7. The van der Waals surface area contributed by atoms with Crippen LogP contribution in [0.4, 0.5) is 0 Å². The number of carbonyl (C=O) groups excluding carboxylic acids is 3. The van der Waals surface area contributed by atoms with Gasteiger partial charge in [-0.15, -0.1) is 5.06 Å². The first-order chi connectivity index (χ1) is 13.8. The van der Waals surface area contributed by atoms with Crippen molar-refractivity contribution >= 4 is 27.9 Å². The lowest BCUT2D eigenvalue weighted by molar-refractivity contribution is -0.197. The van der Waals surface area contributed by atoms with Gasteiger partial charge in [-0.2, -0.15) is 8.42 Å². The van der Waals surface area contributed by atoms with Crippen LogP contribution in [0.1, 0.15) is 103 Å². The fraction of sp³-hybridized carbons (Fsp3) is 0.850. The third-order valence-electron chi connectivity index (χ3n) is 5.10. The van der Waals surface area contributed by atoms with Gasteiger partial charge in [0.05, 0.1) is 6.42 Å². The van der Waals surface area contributed by atoms with E-state index in [4.69, 9.17) is 4.55 Å². The summed E-state index contributed by atoms with van der Waals surface area (Å²) < 4.78 is 31.0. The molecule has 1 N–H and O–H groups in total. The number of rotatable bonds is 16. The van der Waals surface area contributed by atoms with Gasteiger partial charge in [0.2, 0.25) is 0 Å². The molecule has 1 aliphatic rings. The summed E-state index contributed by atoms with van der Waals surface area (Å²) in [6, 6.07) is 0. The quantitative estimate of drug-likeness (QED) is 0.222. The van der Waals surface area contributed by atoms with E-state index in [-0.39, 0.29) is 11.5 Å². The van der Waals surface area contributed by atoms with E-state index >= 15 is 0 Å². The summed E-state index contributed by atoms with van der Waals surface area (Å²) in [5.74, 6) is -2.93. The van der Waals surface area contributed by atoms with Crippen LogP contribution in [0.3, 0.4) is 0 Å². The molecule has 2 amide bonds. The molecule has 1 aliphatic heterocycles. The Balaban J connectivity index is 2.03. The van der Waals surface area contributed by atoms with Crippen molar-refractivity contribution < 1.29 is 32.2 Å². The molecule has 1 fully saturated rings. The van der Waals surface area contributed by atoms with Crippen molar-refractivity contribution in [2.75, 3.05) is 0 Å². The van der Waals surface area contributed by atoms with Crippen LogP contribution in [-0.4, -0.2) is 41.1 Å². The van der Waals surface area contributed by atoms with Gasteiger partial charge in [0, 0.05) is 6.42 Å². The Morgan fingerprint density at radius 2 is 1.38 bits per heavy atom. The number of amides is 2. The SMILES string of the molecule is CCCCCCCCCCCCCCCC(=O)ON1C(=O)CC(S(=O)(=O)O)C1=O. The topological polar surface area (TPSA) is 118 Å². The lowest BCUT2D eigenvalue weighted by atomic mass is 10.0. The molecule has 0 aromatic rings. The molecule has 168 valence electrons. The molecular weight excluding hydrogens is 398 g/mol. The summed E-state index contributed by atoms with van der Waals surface area (Å²) in [4.78, 5) is 39.8. The molecule has 0 bridgehead atoms. The van der Waals surface area contributed by atoms with Crippen molar-refractivity contribution in [3.8, 4) is 0 Å². The molecule has 0 radical (unpaired) electrons. The van der Waals surface area contributed by atoms with E-state index in [1.54, 1.807) is 0 Å². The highest BCUT2D eigenvalue weighted by Crippen LogP contribution is 2.20. The summed E-state index contributed by atoms with van der Waals surface area (Å²) in [5.41, 5.74) is 0. The number of imide groups is 1. The molecule has 0 spiro atoms. The maximum atomic E-state index is 11.8. The highest BCUT2D eigenvalue weighted by molar-refractivity contribution is 7.87. The Hall–Kier alpha value is -1.48. The summed E-state index contributed by atoms with van der Waals surface area (Å²) in [7, 11) is -4.70. The van der Waals surface area contributed by atoms with Gasteiger partial charge in [-0.3, -0.25) is 14.1 Å². The maximum Gasteiger partial charge on any atom is 0.333 e. The van der Waals surface area contributed by atoms with Crippen LogP contribution in [0.2, 0.25) is 0 Å². The number of hydroxylamine groups is 2. The fourth-order valence-corrected chi connectivity index (χ4v) is 4.05. The van der Waals surface area contributed by atoms with Crippen molar-refractivity contribution in [2.45, 2.75) is 108 Å². The summed E-state index contributed by atoms with van der Waals surface area (Å²) >= 11 is 0. The molecule has 0 saturated carbocycles. The number of hydrogen-bond acceptors (Lipinski definition) is 6. The standard InChI is InChI=1S/C20H35NO7S/c1-2-3-4-5-6-7-8-9-10-11-12-13-14-15-19(23)28-21-18(22)16-17(20(21)24)29(25,26)27/h17H,2-16H2,1H3,(H,25,26,27). The first-order valence-corrected chi connectivity index (χ1v) is 12.3. The number of carbonyl (C=O) groups is 3. The highest BCUT2D eigenvalue weighted by atomic mass is 32.2. The van der Waals surface area contributed by atoms with Gasteiger partial charge < -0.3 is 4.84 Å². The molecule has 1 saturated heterocycles. The largest absolute Gasteiger partial charge is 0.333 e. The van der Waals surface area contributed by atoms with Gasteiger partial charge in [0.1, 0.15) is 0 Å². The van der Waals surface area contributed by atoms with E-state index in [0.717, 1.165) is 19.3 Å². The van der Waals surface area contributed by atoms with E-state index < -0.39 is 39.6 Å². The van der Waals surface area contributed by atoms with E-state index in [2.05, 4.69) is 11.8 Å². The first-order valence-electron chi connectivity index (χ1n) is 10.8. The summed E-state index contributed by atoms with van der Waals surface area (Å²) in [6.07, 6.45) is 14.5. The lowest BCUT2D eigenvalue weighted by Gasteiger charge is -2.13. The Kier molecular flexibility index (Phi) is 12.1. The molecule has 1 unspecified atom stereocenters. The Morgan fingerprint density at radius 3 is 1.79 bits per heavy atom. The van der Waals surface area contributed by atoms with Gasteiger partial charge in [0.25, 0.3) is 21.9 Å². The van der Waals surface area contributed by atoms with Crippen molar-refractivity contribution in [1.82, 2.24) is 5.06 Å². The second-order valence-corrected chi connectivity index (χ2v) is 9.29. The molecule has 0 aromatic heterocycles. The molecule has 0 aliphatic carbocycles. The number of hydrogen-bond donors (Lipinski definition) is 1. The molecule has 0 aromatic carbocycles. The van der Waals surface area contributed by atoms with Crippen LogP contribution in [0.5, 0.6) is 0 Å². The highest BCUT2D eigenvalue weighted by Gasteiger charge is 2.48. The van der Waals surface area contributed by atoms with Crippen molar-refractivity contribution in [3.63, 3.8) is 0 Å². The molecule has 8 nitrogen and oxygen atoms in total. The van der Waals surface area contributed by atoms with Crippen LogP contribution in [0, 0.1) is 0 Å². The monoisotopic (exact) mass is 433 g/mol. The van der Waals surface area contributed by atoms with Crippen molar-refractivity contribution in [1.29, 1.82) is 0 Å². The smallest absolute Gasteiger partial charge is 0.330 e. The predicted molar refractivity (Wildman–Crippen MR) is 108 cm³/mol. The van der Waals surface area contributed by atoms with Crippen LogP contribution < -0.4 is 0 Å². The molecule has 1 atom stereocenters. The minimum Gasteiger partial charge on any atom is -0.330 e.